The molecule has 0 bridgehead atoms. The smallest absolute Gasteiger partial charge is 0.328 e. The van der Waals surface area contributed by atoms with Crippen molar-refractivity contribution < 1.29 is 14.3 Å². The van der Waals surface area contributed by atoms with Gasteiger partial charge < -0.3 is 10.1 Å². The second-order valence-electron chi connectivity index (χ2n) is 5.21. The molecular formula is C15H18N2O3S. The average Bonchev–Trinajstić information content (AvgIpc) is 2.92. The van der Waals surface area contributed by atoms with Crippen molar-refractivity contribution in [3.05, 3.63) is 29.3 Å². The van der Waals surface area contributed by atoms with Crippen LogP contribution in [0.15, 0.2) is 23.7 Å². The summed E-state index contributed by atoms with van der Waals surface area (Å²) in [6.07, 6.45) is 0.543. The van der Waals surface area contributed by atoms with E-state index in [1.165, 1.54) is 18.4 Å². The molecule has 21 heavy (non-hydrogen) atoms. The molecule has 0 spiro atoms. The van der Waals surface area contributed by atoms with E-state index >= 15 is 0 Å². The number of carbonyl (C=O) groups is 2. The Kier molecular flexibility index (Phi) is 4.90. The predicted molar refractivity (Wildman–Crippen MR) is 82.3 cm³/mol. The number of hydrogen-bond acceptors (Lipinski definition) is 5. The van der Waals surface area contributed by atoms with E-state index in [9.17, 15) is 9.59 Å². The molecule has 2 aromatic rings. The zero-order chi connectivity index (χ0) is 15.4. The number of fused-ring (bicyclic) bond motifs is 1. The van der Waals surface area contributed by atoms with Crippen LogP contribution in [0.5, 0.6) is 0 Å². The first-order valence-electron chi connectivity index (χ1n) is 6.73. The predicted octanol–water partition coefficient (Wildman–Crippen LogP) is 2.61. The van der Waals surface area contributed by atoms with Crippen molar-refractivity contribution in [3.8, 4) is 0 Å². The minimum atomic E-state index is -0.625. The van der Waals surface area contributed by atoms with Gasteiger partial charge in [0.1, 0.15) is 6.04 Å². The molecular weight excluding hydrogens is 288 g/mol. The average molecular weight is 306 g/mol. The molecule has 1 heterocycles. The molecule has 112 valence electrons. The molecule has 1 N–H and O–H groups in total. The van der Waals surface area contributed by atoms with Crippen LogP contribution in [0, 0.1) is 5.92 Å². The third-order valence-corrected chi connectivity index (χ3v) is 3.88. The number of rotatable bonds is 5. The Bertz CT molecular complexity index is 651. The minimum Gasteiger partial charge on any atom is -0.467 e. The molecule has 0 fully saturated rings. The highest BCUT2D eigenvalue weighted by Crippen LogP contribution is 2.19. The van der Waals surface area contributed by atoms with Crippen LogP contribution >= 0.6 is 11.3 Å². The van der Waals surface area contributed by atoms with Crippen molar-refractivity contribution in [3.63, 3.8) is 0 Å². The SMILES string of the molecule is COC(=O)[C@H](CC(C)C)NC(=O)c1ccc2ncsc2c1. The maximum Gasteiger partial charge on any atom is 0.328 e. The van der Waals surface area contributed by atoms with Crippen LogP contribution < -0.4 is 5.32 Å². The molecule has 0 unspecified atom stereocenters. The molecule has 1 amide bonds. The Hall–Kier alpha value is -1.95. The fraction of sp³-hybridized carbons (Fsp3) is 0.400. The van der Waals surface area contributed by atoms with Crippen LogP contribution in [0.3, 0.4) is 0 Å². The second kappa shape index (κ2) is 6.67. The summed E-state index contributed by atoms with van der Waals surface area (Å²) < 4.78 is 5.69. The van der Waals surface area contributed by atoms with E-state index in [-0.39, 0.29) is 11.8 Å². The van der Waals surface area contributed by atoms with Crippen LogP contribution in [0.2, 0.25) is 0 Å². The normalized spacial score (nSPS) is 12.4. The fourth-order valence-electron chi connectivity index (χ4n) is 2.07. The van der Waals surface area contributed by atoms with Gasteiger partial charge in [-0.3, -0.25) is 4.79 Å². The minimum absolute atomic E-state index is 0.276. The van der Waals surface area contributed by atoms with Gasteiger partial charge in [-0.1, -0.05) is 13.8 Å². The molecule has 2 rings (SSSR count). The molecule has 1 aromatic carbocycles. The number of nitrogens with one attached hydrogen (secondary N) is 1. The molecule has 1 aromatic heterocycles. The zero-order valence-electron chi connectivity index (χ0n) is 12.3. The lowest BCUT2D eigenvalue weighted by molar-refractivity contribution is -0.143. The first-order valence-corrected chi connectivity index (χ1v) is 7.61. The summed E-state index contributed by atoms with van der Waals surface area (Å²) in [6.45, 7) is 3.98. The van der Waals surface area contributed by atoms with E-state index in [1.807, 2.05) is 13.8 Å². The number of aromatic nitrogens is 1. The monoisotopic (exact) mass is 306 g/mol. The van der Waals surface area contributed by atoms with E-state index in [2.05, 4.69) is 10.3 Å². The van der Waals surface area contributed by atoms with Gasteiger partial charge in [0.05, 0.1) is 22.8 Å². The first kappa shape index (κ1) is 15.4. The first-order chi connectivity index (χ1) is 10.0. The van der Waals surface area contributed by atoms with Gasteiger partial charge >= 0.3 is 5.97 Å². The lowest BCUT2D eigenvalue weighted by Crippen LogP contribution is -2.42. The largest absolute Gasteiger partial charge is 0.467 e. The summed E-state index contributed by atoms with van der Waals surface area (Å²) in [6, 6.07) is 4.67. The summed E-state index contributed by atoms with van der Waals surface area (Å²) in [5.74, 6) is -0.421. The van der Waals surface area contributed by atoms with Gasteiger partial charge in [0.25, 0.3) is 5.91 Å². The zero-order valence-corrected chi connectivity index (χ0v) is 13.1. The molecule has 6 heteroatoms. The topological polar surface area (TPSA) is 68.3 Å². The number of amides is 1. The van der Waals surface area contributed by atoms with Crippen molar-refractivity contribution in [2.75, 3.05) is 7.11 Å². The molecule has 5 nitrogen and oxygen atoms in total. The van der Waals surface area contributed by atoms with Crippen molar-refractivity contribution in [1.82, 2.24) is 10.3 Å². The Morgan fingerprint density at radius 2 is 2.14 bits per heavy atom. The Labute approximate surface area is 127 Å². The highest BCUT2D eigenvalue weighted by Gasteiger charge is 2.23. The van der Waals surface area contributed by atoms with E-state index in [0.29, 0.717) is 12.0 Å². The Morgan fingerprint density at radius 1 is 1.38 bits per heavy atom. The van der Waals surface area contributed by atoms with Crippen LogP contribution in [-0.4, -0.2) is 30.0 Å². The summed E-state index contributed by atoms with van der Waals surface area (Å²) >= 11 is 1.48. The van der Waals surface area contributed by atoms with Crippen molar-refractivity contribution in [2.45, 2.75) is 26.3 Å². The molecule has 0 saturated heterocycles. The molecule has 0 radical (unpaired) electrons. The molecule has 1 atom stereocenters. The number of benzene rings is 1. The number of nitrogens with zero attached hydrogens (tertiary/aromatic N) is 1. The van der Waals surface area contributed by atoms with Gasteiger partial charge in [-0.15, -0.1) is 11.3 Å². The van der Waals surface area contributed by atoms with Crippen LogP contribution in [0.25, 0.3) is 10.2 Å². The number of thiazole rings is 1. The van der Waals surface area contributed by atoms with Crippen LogP contribution in [0.4, 0.5) is 0 Å². The van der Waals surface area contributed by atoms with Crippen LogP contribution in [-0.2, 0) is 9.53 Å². The Morgan fingerprint density at radius 3 is 2.81 bits per heavy atom. The van der Waals surface area contributed by atoms with Gasteiger partial charge in [-0.2, -0.15) is 0 Å². The van der Waals surface area contributed by atoms with E-state index in [1.54, 1.807) is 23.7 Å². The number of carbonyl (C=O) groups excluding carboxylic acids is 2. The molecule has 0 aliphatic heterocycles. The van der Waals surface area contributed by atoms with E-state index in [0.717, 1.165) is 10.2 Å². The van der Waals surface area contributed by atoms with Crippen molar-refractivity contribution >= 4 is 33.4 Å². The summed E-state index contributed by atoms with van der Waals surface area (Å²) in [7, 11) is 1.32. The number of methoxy groups -OCH3 is 1. The van der Waals surface area contributed by atoms with E-state index < -0.39 is 12.0 Å². The summed E-state index contributed by atoms with van der Waals surface area (Å²) in [4.78, 5) is 28.2. The van der Waals surface area contributed by atoms with Gasteiger partial charge in [0, 0.05) is 5.56 Å². The quantitative estimate of drug-likeness (QED) is 0.862. The molecule has 0 aliphatic carbocycles. The molecule has 0 saturated carbocycles. The van der Waals surface area contributed by atoms with Crippen molar-refractivity contribution in [2.24, 2.45) is 5.92 Å². The molecule has 0 aliphatic rings. The highest BCUT2D eigenvalue weighted by molar-refractivity contribution is 7.16. The number of esters is 1. The fourth-order valence-corrected chi connectivity index (χ4v) is 2.78. The third kappa shape index (κ3) is 3.78. The second-order valence-corrected chi connectivity index (χ2v) is 6.10. The van der Waals surface area contributed by atoms with E-state index in [4.69, 9.17) is 4.74 Å². The van der Waals surface area contributed by atoms with Gasteiger partial charge in [-0.25, -0.2) is 9.78 Å². The highest BCUT2D eigenvalue weighted by atomic mass is 32.1. The maximum absolute atomic E-state index is 12.3. The summed E-state index contributed by atoms with van der Waals surface area (Å²) in [5, 5.41) is 2.74. The lowest BCUT2D eigenvalue weighted by atomic mass is 10.0. The van der Waals surface area contributed by atoms with Gasteiger partial charge in [0.15, 0.2) is 0 Å². The van der Waals surface area contributed by atoms with Gasteiger partial charge in [0.2, 0.25) is 0 Å². The standard InChI is InChI=1S/C15H18N2O3S/c1-9(2)6-12(15(19)20-3)17-14(18)10-4-5-11-13(7-10)21-8-16-11/h4-5,7-9,12H,6H2,1-3H3,(H,17,18)/t12-/m0/s1. The van der Waals surface area contributed by atoms with Crippen molar-refractivity contribution in [1.29, 1.82) is 0 Å². The van der Waals surface area contributed by atoms with Crippen LogP contribution in [0.1, 0.15) is 30.6 Å². The Balaban J connectivity index is 2.15. The number of hydrogen-bond donors (Lipinski definition) is 1. The third-order valence-electron chi connectivity index (χ3n) is 3.09. The summed E-state index contributed by atoms with van der Waals surface area (Å²) in [5.41, 5.74) is 3.12. The number of ether oxygens (including phenoxy) is 1. The maximum atomic E-state index is 12.3. The van der Waals surface area contributed by atoms with Gasteiger partial charge in [-0.05, 0) is 30.5 Å². The lowest BCUT2D eigenvalue weighted by Gasteiger charge is -2.18.